The number of aromatic nitrogens is 2. The van der Waals surface area contributed by atoms with Crippen molar-refractivity contribution in [2.75, 3.05) is 0 Å². The molecule has 2 aromatic carbocycles. The van der Waals surface area contributed by atoms with E-state index in [1.165, 1.54) is 5.56 Å². The van der Waals surface area contributed by atoms with Gasteiger partial charge in [0, 0.05) is 0 Å². The number of hydrogen-bond donors (Lipinski definition) is 2. The smallest absolute Gasteiger partial charge is 0.256 e. The molecule has 0 fully saturated rings. The first kappa shape index (κ1) is 19.0. The van der Waals surface area contributed by atoms with E-state index < -0.39 is 0 Å². The highest BCUT2D eigenvalue weighted by atomic mass is 35.5. The molecule has 5 nitrogen and oxygen atoms in total. The van der Waals surface area contributed by atoms with Crippen molar-refractivity contribution < 1.29 is 9.90 Å². The zero-order valence-electron chi connectivity index (χ0n) is 15.5. The molecule has 0 spiro atoms. The van der Waals surface area contributed by atoms with Crippen molar-refractivity contribution in [1.29, 1.82) is 0 Å². The summed E-state index contributed by atoms with van der Waals surface area (Å²) in [5, 5.41) is 17.3. The average Bonchev–Trinajstić information content (AvgIpc) is 2.90. The van der Waals surface area contributed by atoms with Crippen molar-refractivity contribution in [3.05, 3.63) is 81.6 Å². The minimum absolute atomic E-state index is 0.161. The summed E-state index contributed by atoms with van der Waals surface area (Å²) in [4.78, 5) is 12.8. The molecule has 1 unspecified atom stereocenters. The van der Waals surface area contributed by atoms with E-state index in [1.807, 2.05) is 44.2 Å². The van der Waals surface area contributed by atoms with Crippen LogP contribution in [0.3, 0.4) is 0 Å². The van der Waals surface area contributed by atoms with E-state index in [4.69, 9.17) is 11.6 Å². The van der Waals surface area contributed by atoms with Crippen LogP contribution in [-0.4, -0.2) is 20.8 Å². The first-order valence-electron chi connectivity index (χ1n) is 8.73. The lowest BCUT2D eigenvalue weighted by molar-refractivity contribution is 0.0939. The molecule has 1 aromatic heterocycles. The summed E-state index contributed by atoms with van der Waals surface area (Å²) in [5.41, 5.74) is 4.00. The van der Waals surface area contributed by atoms with Crippen LogP contribution in [0.15, 0.2) is 48.5 Å². The predicted molar refractivity (Wildman–Crippen MR) is 106 cm³/mol. The highest BCUT2D eigenvalue weighted by Gasteiger charge is 2.22. The van der Waals surface area contributed by atoms with Gasteiger partial charge in [-0.1, -0.05) is 53.6 Å². The van der Waals surface area contributed by atoms with Gasteiger partial charge >= 0.3 is 0 Å². The van der Waals surface area contributed by atoms with E-state index in [1.54, 1.807) is 29.8 Å². The number of carbonyl (C=O) groups excluding carboxylic acids is 1. The quantitative estimate of drug-likeness (QED) is 0.686. The Morgan fingerprint density at radius 2 is 1.93 bits per heavy atom. The predicted octanol–water partition coefficient (Wildman–Crippen LogP) is 4.40. The summed E-state index contributed by atoms with van der Waals surface area (Å²) in [7, 11) is 0. The van der Waals surface area contributed by atoms with Gasteiger partial charge in [0.05, 0.1) is 23.8 Å². The van der Waals surface area contributed by atoms with Gasteiger partial charge in [-0.3, -0.25) is 4.79 Å². The normalized spacial score (nSPS) is 12.0. The van der Waals surface area contributed by atoms with Crippen LogP contribution in [0.1, 0.15) is 45.7 Å². The molecule has 1 heterocycles. The van der Waals surface area contributed by atoms with Gasteiger partial charge in [0.1, 0.15) is 10.9 Å². The fourth-order valence-electron chi connectivity index (χ4n) is 2.93. The van der Waals surface area contributed by atoms with E-state index >= 15 is 0 Å². The molecule has 0 saturated heterocycles. The Bertz CT molecular complexity index is 964. The third-order valence-electron chi connectivity index (χ3n) is 4.46. The molecule has 2 N–H and O–H groups in total. The lowest BCUT2D eigenvalue weighted by Crippen LogP contribution is -2.27. The van der Waals surface area contributed by atoms with Crippen molar-refractivity contribution in [3.63, 3.8) is 0 Å². The number of hydrogen-bond acceptors (Lipinski definition) is 3. The molecule has 0 aliphatic rings. The molecule has 0 bridgehead atoms. The minimum atomic E-state index is -0.288. The number of benzene rings is 2. The second-order valence-electron chi connectivity index (χ2n) is 6.68. The summed E-state index contributed by atoms with van der Waals surface area (Å²) in [6.45, 7) is 6.15. The van der Waals surface area contributed by atoms with E-state index in [0.29, 0.717) is 23.0 Å². The highest BCUT2D eigenvalue weighted by Crippen LogP contribution is 2.23. The topological polar surface area (TPSA) is 67.2 Å². The number of carbonyl (C=O) groups is 1. The van der Waals surface area contributed by atoms with Crippen LogP contribution in [0.4, 0.5) is 0 Å². The Labute approximate surface area is 163 Å². The van der Waals surface area contributed by atoms with Gasteiger partial charge in [-0.05, 0) is 44.0 Å². The van der Waals surface area contributed by atoms with Crippen LogP contribution in [-0.2, 0) is 6.54 Å². The number of phenolic OH excluding ortho intramolecular Hbond substituents is 1. The van der Waals surface area contributed by atoms with Crippen molar-refractivity contribution in [1.82, 2.24) is 15.1 Å². The van der Waals surface area contributed by atoms with Crippen LogP contribution in [0.25, 0.3) is 0 Å². The van der Waals surface area contributed by atoms with E-state index in [9.17, 15) is 9.90 Å². The lowest BCUT2D eigenvalue weighted by atomic mass is 10.1. The van der Waals surface area contributed by atoms with Crippen molar-refractivity contribution in [2.24, 2.45) is 0 Å². The second-order valence-corrected chi connectivity index (χ2v) is 7.04. The third kappa shape index (κ3) is 4.31. The fraction of sp³-hybridized carbons (Fsp3) is 0.238. The molecule has 0 aliphatic heterocycles. The zero-order valence-corrected chi connectivity index (χ0v) is 16.3. The summed E-state index contributed by atoms with van der Waals surface area (Å²) < 4.78 is 1.63. The number of nitrogens with zero attached hydrogens (tertiary/aromatic N) is 2. The van der Waals surface area contributed by atoms with Gasteiger partial charge in [0.15, 0.2) is 0 Å². The van der Waals surface area contributed by atoms with E-state index in [-0.39, 0.29) is 17.7 Å². The maximum Gasteiger partial charge on any atom is 0.256 e. The molecule has 6 heteroatoms. The molecule has 27 heavy (non-hydrogen) atoms. The molecule has 3 aromatic rings. The van der Waals surface area contributed by atoms with Crippen LogP contribution in [0.2, 0.25) is 5.15 Å². The number of aryl methyl sites for hydroxylation is 2. The zero-order chi connectivity index (χ0) is 19.6. The first-order valence-corrected chi connectivity index (χ1v) is 9.11. The standard InChI is InChI=1S/C21H22ClN3O2/c1-13-7-9-16(10-8-13)12-25-20(22)19(15(3)24-25)21(27)23-14(2)17-5-4-6-18(26)11-17/h4-11,14,26H,12H2,1-3H3,(H,23,27). The molecule has 0 saturated carbocycles. The summed E-state index contributed by atoms with van der Waals surface area (Å²) in [5.74, 6) is -0.128. The number of halogens is 1. The Hall–Kier alpha value is -2.79. The van der Waals surface area contributed by atoms with Crippen LogP contribution in [0.5, 0.6) is 5.75 Å². The highest BCUT2D eigenvalue weighted by molar-refractivity contribution is 6.33. The molecule has 0 aliphatic carbocycles. The number of aromatic hydroxyl groups is 1. The van der Waals surface area contributed by atoms with Gasteiger partial charge in [-0.15, -0.1) is 0 Å². The van der Waals surface area contributed by atoms with Crippen LogP contribution < -0.4 is 5.32 Å². The second kappa shape index (κ2) is 7.84. The molecular formula is C21H22ClN3O2. The lowest BCUT2D eigenvalue weighted by Gasteiger charge is -2.14. The molecule has 3 rings (SSSR count). The Morgan fingerprint density at radius 1 is 1.22 bits per heavy atom. The molecule has 1 atom stereocenters. The van der Waals surface area contributed by atoms with Crippen molar-refractivity contribution >= 4 is 17.5 Å². The largest absolute Gasteiger partial charge is 0.508 e. The third-order valence-corrected chi connectivity index (χ3v) is 4.85. The van der Waals surface area contributed by atoms with Crippen LogP contribution in [0, 0.1) is 13.8 Å². The summed E-state index contributed by atoms with van der Waals surface area (Å²) in [6.07, 6.45) is 0. The average molecular weight is 384 g/mol. The molecule has 140 valence electrons. The van der Waals surface area contributed by atoms with E-state index in [2.05, 4.69) is 10.4 Å². The Balaban J connectivity index is 1.79. The van der Waals surface area contributed by atoms with Gasteiger partial charge in [0.2, 0.25) is 0 Å². The van der Waals surface area contributed by atoms with Gasteiger partial charge in [0.25, 0.3) is 5.91 Å². The van der Waals surface area contributed by atoms with Gasteiger partial charge in [-0.25, -0.2) is 4.68 Å². The Kier molecular flexibility index (Phi) is 5.51. The fourth-order valence-corrected chi connectivity index (χ4v) is 3.25. The van der Waals surface area contributed by atoms with Gasteiger partial charge in [-0.2, -0.15) is 5.10 Å². The number of phenols is 1. The minimum Gasteiger partial charge on any atom is -0.508 e. The van der Waals surface area contributed by atoms with Gasteiger partial charge < -0.3 is 10.4 Å². The maximum atomic E-state index is 12.8. The van der Waals surface area contributed by atoms with Crippen molar-refractivity contribution in [3.8, 4) is 5.75 Å². The number of rotatable bonds is 5. The number of amides is 1. The summed E-state index contributed by atoms with van der Waals surface area (Å²) >= 11 is 6.46. The molecular weight excluding hydrogens is 362 g/mol. The Morgan fingerprint density at radius 3 is 2.59 bits per heavy atom. The maximum absolute atomic E-state index is 12.8. The van der Waals surface area contributed by atoms with Crippen molar-refractivity contribution in [2.45, 2.75) is 33.4 Å². The van der Waals surface area contributed by atoms with E-state index in [0.717, 1.165) is 11.1 Å². The monoisotopic (exact) mass is 383 g/mol. The number of nitrogens with one attached hydrogen (secondary N) is 1. The SMILES string of the molecule is Cc1ccc(Cn2nc(C)c(C(=O)NC(C)c3cccc(O)c3)c2Cl)cc1. The first-order chi connectivity index (χ1) is 12.8. The van der Waals surface area contributed by atoms with Crippen LogP contribution >= 0.6 is 11.6 Å². The molecule has 0 radical (unpaired) electrons. The molecule has 1 amide bonds. The summed E-state index contributed by atoms with van der Waals surface area (Å²) in [6, 6.07) is 14.6.